The van der Waals surface area contributed by atoms with Crippen LogP contribution in [0, 0.1) is 0 Å². The van der Waals surface area contributed by atoms with E-state index < -0.39 is 124 Å². The van der Waals surface area contributed by atoms with Crippen LogP contribution in [-0.4, -0.2) is 193 Å². The standard InChI is InChI=1S/C47H89NO18/c1-3-5-6-7-8-9-10-11-12-13-14-15-16-17-18-19-20-21-22-23-24-25-31(52)30(48-35(53)4-2)29-61-45-41(59)38(56)43(33(27-50)63-45)66-47-42(60)39(57)44(34(28-51)64-47)65-46-40(58)37(55)36(54)32(26-49)62-46/h30-34,36-47,49-52,54-60H,3-29H2,1-2H3,(H,48,53). The highest BCUT2D eigenvalue weighted by atomic mass is 16.8. The Kier molecular flexibility index (Phi) is 29.9. The fourth-order valence-electron chi connectivity index (χ4n) is 8.92. The van der Waals surface area contributed by atoms with Crippen LogP contribution in [0.1, 0.15) is 162 Å². The smallest absolute Gasteiger partial charge is 0.220 e. The first-order chi connectivity index (χ1) is 31.8. The molecular weight excluding hydrogens is 867 g/mol. The van der Waals surface area contributed by atoms with Crippen molar-refractivity contribution in [3.8, 4) is 0 Å². The summed E-state index contributed by atoms with van der Waals surface area (Å²) in [5, 5.41) is 118. The number of carbonyl (C=O) groups is 1. The molecule has 1 amide bonds. The van der Waals surface area contributed by atoms with E-state index in [1.165, 1.54) is 109 Å². The van der Waals surface area contributed by atoms with Crippen LogP contribution >= 0.6 is 0 Å². The monoisotopic (exact) mass is 956 g/mol. The molecule has 0 saturated carbocycles. The number of ether oxygens (including phenoxy) is 6. The van der Waals surface area contributed by atoms with Crippen LogP contribution in [0.3, 0.4) is 0 Å². The number of unbranched alkanes of at least 4 members (excludes halogenated alkanes) is 20. The summed E-state index contributed by atoms with van der Waals surface area (Å²) in [6.45, 7) is 1.22. The van der Waals surface area contributed by atoms with Crippen molar-refractivity contribution < 1.29 is 89.4 Å². The maximum absolute atomic E-state index is 12.4. The molecule has 0 aliphatic carbocycles. The van der Waals surface area contributed by atoms with Gasteiger partial charge < -0.3 is 89.9 Å². The highest BCUT2D eigenvalue weighted by Gasteiger charge is 2.53. The van der Waals surface area contributed by atoms with Crippen molar-refractivity contribution in [1.29, 1.82) is 0 Å². The number of amides is 1. The first-order valence-electron chi connectivity index (χ1n) is 25.3. The number of rotatable bonds is 35. The van der Waals surface area contributed by atoms with Gasteiger partial charge in [0.25, 0.3) is 0 Å². The van der Waals surface area contributed by atoms with E-state index in [1.807, 2.05) is 0 Å². The molecule has 12 N–H and O–H groups in total. The molecule has 0 aromatic rings. The molecule has 390 valence electrons. The van der Waals surface area contributed by atoms with Gasteiger partial charge in [0.2, 0.25) is 5.91 Å². The Hall–Kier alpha value is -1.21. The summed E-state index contributed by atoms with van der Waals surface area (Å²) in [7, 11) is 0. The molecule has 3 heterocycles. The second-order valence-corrected chi connectivity index (χ2v) is 18.6. The van der Waals surface area contributed by atoms with Gasteiger partial charge in [0.05, 0.1) is 38.6 Å². The summed E-state index contributed by atoms with van der Waals surface area (Å²) in [6.07, 6.45) is 0.694. The van der Waals surface area contributed by atoms with Crippen molar-refractivity contribution in [2.45, 2.75) is 266 Å². The molecule has 0 radical (unpaired) electrons. The Labute approximate surface area is 392 Å². The molecule has 3 aliphatic heterocycles. The van der Waals surface area contributed by atoms with E-state index in [9.17, 15) is 61.0 Å². The van der Waals surface area contributed by atoms with Gasteiger partial charge in [-0.15, -0.1) is 0 Å². The molecule has 0 bridgehead atoms. The van der Waals surface area contributed by atoms with Gasteiger partial charge in [-0.25, -0.2) is 0 Å². The van der Waals surface area contributed by atoms with Crippen molar-refractivity contribution in [2.75, 3.05) is 26.4 Å². The molecular formula is C47H89NO18. The van der Waals surface area contributed by atoms with Crippen molar-refractivity contribution in [3.63, 3.8) is 0 Å². The highest BCUT2D eigenvalue weighted by molar-refractivity contribution is 5.75. The van der Waals surface area contributed by atoms with Crippen LogP contribution in [0.15, 0.2) is 0 Å². The lowest BCUT2D eigenvalue weighted by Crippen LogP contribution is -2.66. The van der Waals surface area contributed by atoms with Crippen molar-refractivity contribution in [3.05, 3.63) is 0 Å². The number of carbonyl (C=O) groups excluding carboxylic acids is 1. The van der Waals surface area contributed by atoms with E-state index in [-0.39, 0.29) is 18.9 Å². The molecule has 17 unspecified atom stereocenters. The maximum atomic E-state index is 12.4. The fraction of sp³-hybridized carbons (Fsp3) is 0.979. The van der Waals surface area contributed by atoms with Crippen LogP contribution in [0.25, 0.3) is 0 Å². The summed E-state index contributed by atoms with van der Waals surface area (Å²) in [4.78, 5) is 12.4. The lowest BCUT2D eigenvalue weighted by Gasteiger charge is -2.48. The van der Waals surface area contributed by atoms with Gasteiger partial charge in [-0.3, -0.25) is 4.79 Å². The number of hydrogen-bond donors (Lipinski definition) is 12. The molecule has 17 atom stereocenters. The topological polar surface area (TPSA) is 307 Å². The van der Waals surface area contributed by atoms with Gasteiger partial charge in [0.1, 0.15) is 73.2 Å². The maximum Gasteiger partial charge on any atom is 0.220 e. The Morgan fingerprint density at radius 1 is 0.485 bits per heavy atom. The third-order valence-electron chi connectivity index (χ3n) is 13.2. The lowest BCUT2D eigenvalue weighted by atomic mass is 9.96. The van der Waals surface area contributed by atoms with Gasteiger partial charge in [-0.2, -0.15) is 0 Å². The van der Waals surface area contributed by atoms with E-state index in [2.05, 4.69) is 12.2 Å². The average Bonchev–Trinajstić information content (AvgIpc) is 3.32. The lowest BCUT2D eigenvalue weighted by molar-refractivity contribution is -0.379. The quantitative estimate of drug-likeness (QED) is 0.0399. The predicted octanol–water partition coefficient (Wildman–Crippen LogP) is 1.31. The molecule has 0 aromatic heterocycles. The van der Waals surface area contributed by atoms with E-state index in [1.54, 1.807) is 6.92 Å². The first-order valence-corrected chi connectivity index (χ1v) is 25.3. The molecule has 0 spiro atoms. The normalized spacial score (nSPS) is 33.7. The van der Waals surface area contributed by atoms with Crippen LogP contribution in [0.4, 0.5) is 0 Å². The van der Waals surface area contributed by atoms with E-state index in [4.69, 9.17) is 28.4 Å². The largest absolute Gasteiger partial charge is 0.394 e. The van der Waals surface area contributed by atoms with Gasteiger partial charge >= 0.3 is 0 Å². The average molecular weight is 956 g/mol. The summed E-state index contributed by atoms with van der Waals surface area (Å²) < 4.78 is 33.8. The molecule has 3 fully saturated rings. The second kappa shape index (κ2) is 33.4. The number of nitrogens with one attached hydrogen (secondary N) is 1. The predicted molar refractivity (Wildman–Crippen MR) is 240 cm³/mol. The molecule has 3 aliphatic rings. The summed E-state index contributed by atoms with van der Waals surface area (Å²) in [5.41, 5.74) is 0. The Bertz CT molecular complexity index is 1240. The fourth-order valence-corrected chi connectivity index (χ4v) is 8.92. The summed E-state index contributed by atoms with van der Waals surface area (Å²) >= 11 is 0. The second-order valence-electron chi connectivity index (χ2n) is 18.6. The van der Waals surface area contributed by atoms with Gasteiger partial charge in [-0.1, -0.05) is 149 Å². The van der Waals surface area contributed by atoms with E-state index in [0.29, 0.717) is 6.42 Å². The minimum absolute atomic E-state index is 0.150. The van der Waals surface area contributed by atoms with Gasteiger partial charge in [0, 0.05) is 6.42 Å². The first kappa shape index (κ1) is 59.1. The van der Waals surface area contributed by atoms with Crippen LogP contribution < -0.4 is 5.32 Å². The van der Waals surface area contributed by atoms with Crippen LogP contribution in [0.5, 0.6) is 0 Å². The van der Waals surface area contributed by atoms with E-state index >= 15 is 0 Å². The molecule has 3 saturated heterocycles. The van der Waals surface area contributed by atoms with Crippen molar-refractivity contribution in [2.24, 2.45) is 0 Å². The number of aliphatic hydroxyl groups is 11. The zero-order valence-electron chi connectivity index (χ0n) is 39.7. The van der Waals surface area contributed by atoms with Gasteiger partial charge in [0.15, 0.2) is 18.9 Å². The molecule has 3 rings (SSSR count). The summed E-state index contributed by atoms with van der Waals surface area (Å²) in [5.74, 6) is -0.330. The zero-order chi connectivity index (χ0) is 48.4. The molecule has 19 nitrogen and oxygen atoms in total. The molecule has 66 heavy (non-hydrogen) atoms. The number of hydrogen-bond acceptors (Lipinski definition) is 18. The van der Waals surface area contributed by atoms with E-state index in [0.717, 1.165) is 25.7 Å². The summed E-state index contributed by atoms with van der Waals surface area (Å²) in [6, 6.07) is -0.877. The van der Waals surface area contributed by atoms with Crippen molar-refractivity contribution >= 4 is 5.91 Å². The minimum atomic E-state index is -1.96. The third-order valence-corrected chi connectivity index (χ3v) is 13.2. The van der Waals surface area contributed by atoms with Crippen LogP contribution in [-0.2, 0) is 33.2 Å². The number of aliphatic hydroxyl groups excluding tert-OH is 11. The van der Waals surface area contributed by atoms with Crippen LogP contribution in [0.2, 0.25) is 0 Å². The SMILES string of the molecule is CCCCCCCCCCCCCCCCCCCCCCCC(O)C(COC1OC(CO)C(OC2OC(CO)C(OC3OC(CO)C(O)C(O)C3O)C(O)C2O)C(O)C1O)NC(=O)CC. The van der Waals surface area contributed by atoms with Crippen molar-refractivity contribution in [1.82, 2.24) is 5.32 Å². The Balaban J connectivity index is 1.37. The van der Waals surface area contributed by atoms with Gasteiger partial charge in [-0.05, 0) is 6.42 Å². The zero-order valence-corrected chi connectivity index (χ0v) is 39.7. The third kappa shape index (κ3) is 19.5. The Morgan fingerprint density at radius 3 is 1.26 bits per heavy atom. The molecule has 0 aromatic carbocycles. The Morgan fingerprint density at radius 2 is 0.848 bits per heavy atom. The molecule has 19 heteroatoms. The minimum Gasteiger partial charge on any atom is -0.394 e. The highest BCUT2D eigenvalue weighted by Crippen LogP contribution is 2.33.